The molecule has 0 heterocycles. The number of thioether (sulfide) groups is 1. The second kappa shape index (κ2) is 7.21. The van der Waals surface area contributed by atoms with Crippen LogP contribution in [0.15, 0.2) is 52.4 Å². The smallest absolute Gasteiger partial charge is 0.258 e. The average Bonchev–Trinajstić information content (AvgIpc) is 2.49. The molecule has 7 nitrogen and oxygen atoms in total. The Balaban J connectivity index is 2.29. The Morgan fingerprint density at radius 1 is 1.09 bits per heavy atom. The quantitative estimate of drug-likeness (QED) is 0.258. The minimum Gasteiger partial charge on any atom is -0.258 e. The van der Waals surface area contributed by atoms with E-state index in [1.807, 2.05) is 19.1 Å². The first-order chi connectivity index (χ1) is 10.9. The van der Waals surface area contributed by atoms with Gasteiger partial charge < -0.3 is 0 Å². The summed E-state index contributed by atoms with van der Waals surface area (Å²) in [6, 6.07) is 10.6. The van der Waals surface area contributed by atoms with Gasteiger partial charge in [-0.2, -0.15) is 0 Å². The van der Waals surface area contributed by atoms with Crippen molar-refractivity contribution in [3.63, 3.8) is 0 Å². The van der Waals surface area contributed by atoms with Gasteiger partial charge >= 0.3 is 0 Å². The highest BCUT2D eigenvalue weighted by Crippen LogP contribution is 2.34. The van der Waals surface area contributed by atoms with Crippen LogP contribution in [0, 0.1) is 27.2 Å². The Labute approximate surface area is 140 Å². The van der Waals surface area contributed by atoms with Crippen molar-refractivity contribution >= 4 is 44.9 Å². The van der Waals surface area contributed by atoms with E-state index in [2.05, 4.69) is 4.99 Å². The van der Waals surface area contributed by atoms with Crippen LogP contribution in [-0.2, 0) is 0 Å². The molecule has 0 radical (unpaired) electrons. The van der Waals surface area contributed by atoms with E-state index in [0.717, 1.165) is 23.4 Å². The molecule has 0 spiro atoms. The maximum atomic E-state index is 11.1. The number of aryl methyl sites for hydroxylation is 1. The number of nitro groups is 2. The van der Waals surface area contributed by atoms with Crippen molar-refractivity contribution in [2.24, 2.45) is 4.99 Å². The fraction of sp³-hybridized carbons (Fsp3) is 0.0714. The molecule has 0 saturated carbocycles. The first-order valence-electron chi connectivity index (χ1n) is 6.28. The van der Waals surface area contributed by atoms with Crippen molar-refractivity contribution in [3.8, 4) is 0 Å². The SMILES string of the molecule is Cc1ccc(N=C(Cl)Sc2ccc([N+](=O)[O-])cc2[N+](=O)[O-])cc1. The normalized spacial score (nSPS) is 11.3. The number of rotatable bonds is 4. The molecule has 0 aromatic heterocycles. The van der Waals surface area contributed by atoms with Gasteiger partial charge in [-0.1, -0.05) is 41.1 Å². The molecule has 23 heavy (non-hydrogen) atoms. The molecule has 0 fully saturated rings. The van der Waals surface area contributed by atoms with E-state index in [-0.39, 0.29) is 20.8 Å². The van der Waals surface area contributed by atoms with Gasteiger partial charge in [-0.15, -0.1) is 0 Å². The van der Waals surface area contributed by atoms with Gasteiger partial charge in [-0.05, 0) is 25.1 Å². The second-order valence-electron chi connectivity index (χ2n) is 4.47. The van der Waals surface area contributed by atoms with Crippen LogP contribution in [0.1, 0.15) is 5.56 Å². The van der Waals surface area contributed by atoms with E-state index in [9.17, 15) is 20.2 Å². The highest BCUT2D eigenvalue weighted by atomic mass is 35.5. The fourth-order valence-corrected chi connectivity index (χ4v) is 2.74. The van der Waals surface area contributed by atoms with Crippen LogP contribution in [0.25, 0.3) is 0 Å². The summed E-state index contributed by atoms with van der Waals surface area (Å²) in [5, 5.41) is 21.8. The first-order valence-corrected chi connectivity index (χ1v) is 7.48. The Hall–Kier alpha value is -2.45. The van der Waals surface area contributed by atoms with Crippen molar-refractivity contribution in [2.45, 2.75) is 11.8 Å². The Morgan fingerprint density at radius 3 is 2.30 bits per heavy atom. The molecule has 2 rings (SSSR count). The van der Waals surface area contributed by atoms with E-state index in [1.165, 1.54) is 12.1 Å². The van der Waals surface area contributed by atoms with Crippen LogP contribution in [0.3, 0.4) is 0 Å². The molecule has 0 bridgehead atoms. The lowest BCUT2D eigenvalue weighted by Crippen LogP contribution is -1.95. The van der Waals surface area contributed by atoms with E-state index in [4.69, 9.17) is 11.6 Å². The summed E-state index contributed by atoms with van der Waals surface area (Å²) in [5.74, 6) is 0. The summed E-state index contributed by atoms with van der Waals surface area (Å²) in [5.41, 5.74) is 0.936. The van der Waals surface area contributed by atoms with Gasteiger partial charge in [-0.3, -0.25) is 20.2 Å². The second-order valence-corrected chi connectivity index (χ2v) is 6.08. The van der Waals surface area contributed by atoms with E-state index >= 15 is 0 Å². The van der Waals surface area contributed by atoms with Crippen molar-refractivity contribution in [3.05, 3.63) is 68.3 Å². The Morgan fingerprint density at radius 2 is 1.74 bits per heavy atom. The Kier molecular flexibility index (Phi) is 5.30. The summed E-state index contributed by atoms with van der Waals surface area (Å²) in [7, 11) is 0. The van der Waals surface area contributed by atoms with Gasteiger partial charge in [-0.25, -0.2) is 4.99 Å². The van der Waals surface area contributed by atoms with Gasteiger partial charge in [0.25, 0.3) is 11.4 Å². The summed E-state index contributed by atoms with van der Waals surface area (Å²) in [4.78, 5) is 24.7. The molecule has 118 valence electrons. The topological polar surface area (TPSA) is 98.6 Å². The largest absolute Gasteiger partial charge is 0.290 e. The maximum absolute atomic E-state index is 11.1. The maximum Gasteiger partial charge on any atom is 0.290 e. The van der Waals surface area contributed by atoms with E-state index < -0.39 is 9.85 Å². The third-order valence-electron chi connectivity index (χ3n) is 2.80. The zero-order valence-corrected chi connectivity index (χ0v) is 13.4. The predicted octanol–water partition coefficient (Wildman–Crippen LogP) is 4.83. The standard InChI is InChI=1S/C14H10ClN3O4S/c1-9-2-4-10(5-3-9)16-14(15)23-13-7-6-11(17(19)20)8-12(13)18(21)22/h2-8H,1H3. The number of benzene rings is 2. The number of non-ortho nitro benzene ring substituents is 1. The highest BCUT2D eigenvalue weighted by molar-refractivity contribution is 8.16. The van der Waals surface area contributed by atoms with Gasteiger partial charge in [0.15, 0.2) is 4.50 Å². The molecular weight excluding hydrogens is 342 g/mol. The molecular formula is C14H10ClN3O4S. The van der Waals surface area contributed by atoms with Crippen LogP contribution >= 0.6 is 23.4 Å². The fourth-order valence-electron chi connectivity index (χ4n) is 1.68. The van der Waals surface area contributed by atoms with Gasteiger partial charge in [0.05, 0.1) is 26.5 Å². The zero-order valence-electron chi connectivity index (χ0n) is 11.8. The van der Waals surface area contributed by atoms with Crippen LogP contribution in [-0.4, -0.2) is 14.3 Å². The number of nitrogens with zero attached hydrogens (tertiary/aromatic N) is 3. The number of nitro benzene ring substituents is 2. The molecule has 2 aromatic rings. The van der Waals surface area contributed by atoms with Crippen molar-refractivity contribution in [1.82, 2.24) is 0 Å². The van der Waals surface area contributed by atoms with E-state index in [1.54, 1.807) is 12.1 Å². The highest BCUT2D eigenvalue weighted by Gasteiger charge is 2.20. The van der Waals surface area contributed by atoms with Crippen molar-refractivity contribution < 1.29 is 9.85 Å². The molecule has 0 N–H and O–H groups in total. The molecule has 0 unspecified atom stereocenters. The lowest BCUT2D eigenvalue weighted by molar-refractivity contribution is -0.396. The molecule has 0 atom stereocenters. The van der Waals surface area contributed by atoms with Crippen molar-refractivity contribution in [2.75, 3.05) is 0 Å². The van der Waals surface area contributed by atoms with Crippen LogP contribution < -0.4 is 0 Å². The summed E-state index contributed by atoms with van der Waals surface area (Å²) in [6.07, 6.45) is 0. The summed E-state index contributed by atoms with van der Waals surface area (Å²) >= 11 is 6.89. The third-order valence-corrected chi connectivity index (χ3v) is 3.94. The molecule has 0 aliphatic carbocycles. The monoisotopic (exact) mass is 351 g/mol. The minimum absolute atomic E-state index is 0.0748. The van der Waals surface area contributed by atoms with Gasteiger partial charge in [0.2, 0.25) is 0 Å². The average molecular weight is 352 g/mol. The van der Waals surface area contributed by atoms with Gasteiger partial charge in [0, 0.05) is 6.07 Å². The van der Waals surface area contributed by atoms with Crippen LogP contribution in [0.4, 0.5) is 17.1 Å². The van der Waals surface area contributed by atoms with E-state index in [0.29, 0.717) is 5.69 Å². The number of aliphatic imine (C=N–C) groups is 1. The van der Waals surface area contributed by atoms with Crippen LogP contribution in [0.5, 0.6) is 0 Å². The number of hydrogen-bond donors (Lipinski definition) is 0. The lowest BCUT2D eigenvalue weighted by Gasteiger charge is -2.02. The first kappa shape index (κ1) is 16.9. The third kappa shape index (κ3) is 4.51. The molecule has 0 amide bonds. The van der Waals surface area contributed by atoms with Crippen LogP contribution in [0.2, 0.25) is 0 Å². The summed E-state index contributed by atoms with van der Waals surface area (Å²) in [6.45, 7) is 1.93. The number of hydrogen-bond acceptors (Lipinski definition) is 6. The zero-order chi connectivity index (χ0) is 17.0. The lowest BCUT2D eigenvalue weighted by atomic mass is 10.2. The molecule has 0 aliphatic rings. The molecule has 0 aliphatic heterocycles. The summed E-state index contributed by atoms with van der Waals surface area (Å²) < 4.78 is 0.0748. The predicted molar refractivity (Wildman–Crippen MR) is 89.7 cm³/mol. The molecule has 0 saturated heterocycles. The van der Waals surface area contributed by atoms with Crippen molar-refractivity contribution in [1.29, 1.82) is 0 Å². The minimum atomic E-state index is -0.691. The van der Waals surface area contributed by atoms with Gasteiger partial charge in [0.1, 0.15) is 0 Å². The number of halogens is 1. The Bertz CT molecular complexity index is 793. The molecule has 9 heteroatoms. The molecule has 2 aromatic carbocycles.